The van der Waals surface area contributed by atoms with Gasteiger partial charge in [0.2, 0.25) is 6.79 Å². The van der Waals surface area contributed by atoms with E-state index in [0.29, 0.717) is 56.4 Å². The van der Waals surface area contributed by atoms with Gasteiger partial charge in [-0.3, -0.25) is 19.3 Å². The number of carboxylic acids is 1. The number of carbonyl (C=O) groups excluding carboxylic acids is 1. The van der Waals surface area contributed by atoms with Crippen LogP contribution >= 0.6 is 0 Å². The van der Waals surface area contributed by atoms with Gasteiger partial charge in [0.15, 0.2) is 11.5 Å². The number of rotatable bonds is 13. The van der Waals surface area contributed by atoms with Crippen molar-refractivity contribution in [3.63, 3.8) is 0 Å². The highest BCUT2D eigenvalue weighted by atomic mass is 32.2. The topological polar surface area (TPSA) is 123 Å². The van der Waals surface area contributed by atoms with Crippen LogP contribution in [0.4, 0.5) is 0 Å². The number of aliphatic carboxylic acids is 1. The molecule has 10 nitrogen and oxygen atoms in total. The first-order valence-corrected chi connectivity index (χ1v) is 16.5. The maximum Gasteiger partial charge on any atom is 0.308 e. The Bertz CT molecular complexity index is 1130. The first-order chi connectivity index (χ1) is 19.2. The van der Waals surface area contributed by atoms with Crippen molar-refractivity contribution in [2.45, 2.75) is 77.2 Å². The minimum atomic E-state index is -2.96. The molecule has 0 aliphatic carbocycles. The van der Waals surface area contributed by atoms with E-state index < -0.39 is 21.7 Å². The van der Waals surface area contributed by atoms with Crippen molar-refractivity contribution in [2.24, 2.45) is 11.8 Å². The average Bonchev–Trinajstić information content (AvgIpc) is 3.48. The van der Waals surface area contributed by atoms with Gasteiger partial charge in [0, 0.05) is 25.0 Å². The Hall–Kier alpha value is -2.37. The summed E-state index contributed by atoms with van der Waals surface area (Å²) in [5.41, 5.74) is 0.859. The molecule has 3 aliphatic heterocycles. The Morgan fingerprint density at radius 1 is 1.10 bits per heavy atom. The minimum Gasteiger partial charge on any atom is -0.481 e. The molecule has 3 heterocycles. The Balaban J connectivity index is 1.52. The summed E-state index contributed by atoms with van der Waals surface area (Å²) in [5.74, 6) is 0.0161. The van der Waals surface area contributed by atoms with Gasteiger partial charge in [-0.15, -0.1) is 0 Å². The van der Waals surface area contributed by atoms with Crippen molar-refractivity contribution < 1.29 is 37.4 Å². The van der Waals surface area contributed by atoms with Crippen LogP contribution in [0, 0.1) is 11.8 Å². The molecule has 1 unspecified atom stereocenters. The van der Waals surface area contributed by atoms with Crippen LogP contribution in [-0.2, 0) is 24.3 Å². The number of sulfone groups is 1. The van der Waals surface area contributed by atoms with E-state index in [0.717, 1.165) is 37.7 Å². The number of hydrogen-bond acceptors (Lipinski definition) is 8. The van der Waals surface area contributed by atoms with Crippen LogP contribution in [0.25, 0.3) is 0 Å². The Kier molecular flexibility index (Phi) is 10.7. The molecular weight excluding hydrogens is 536 g/mol. The number of fused-ring (bicyclic) bond motifs is 1. The SMILES string of the molecule is CCCON(CCC)C(=O)CN1C[C@H](c2ccc3c(c2)OCO3)[C@@H](C(=O)O)[C@@H]1CCCC1CCCS(=O)(=O)CC1. The average molecular weight is 581 g/mol. The summed E-state index contributed by atoms with van der Waals surface area (Å²) in [6.45, 7) is 5.57. The molecular formula is C29H44N2O8S. The molecule has 1 N–H and O–H groups in total. The number of ether oxygens (including phenoxy) is 2. The molecule has 4 atom stereocenters. The van der Waals surface area contributed by atoms with Crippen molar-refractivity contribution in [3.8, 4) is 11.5 Å². The van der Waals surface area contributed by atoms with E-state index in [-0.39, 0.29) is 42.7 Å². The van der Waals surface area contributed by atoms with Gasteiger partial charge in [0.05, 0.1) is 30.6 Å². The third-order valence-electron chi connectivity index (χ3n) is 8.37. The largest absolute Gasteiger partial charge is 0.481 e. The maximum atomic E-state index is 13.4. The second-order valence-electron chi connectivity index (χ2n) is 11.3. The van der Waals surface area contributed by atoms with Crippen molar-refractivity contribution >= 4 is 21.7 Å². The molecule has 1 aromatic carbocycles. The van der Waals surface area contributed by atoms with E-state index >= 15 is 0 Å². The number of carbonyl (C=O) groups is 2. The van der Waals surface area contributed by atoms with Gasteiger partial charge >= 0.3 is 5.97 Å². The summed E-state index contributed by atoms with van der Waals surface area (Å²) in [6.07, 6.45) is 6.04. The fourth-order valence-corrected chi connectivity index (χ4v) is 7.84. The van der Waals surface area contributed by atoms with Crippen molar-refractivity contribution in [3.05, 3.63) is 23.8 Å². The lowest BCUT2D eigenvalue weighted by Crippen LogP contribution is -2.44. The molecule has 40 heavy (non-hydrogen) atoms. The van der Waals surface area contributed by atoms with Gasteiger partial charge in [-0.05, 0) is 62.1 Å². The number of benzene rings is 1. The lowest BCUT2D eigenvalue weighted by molar-refractivity contribution is -0.188. The van der Waals surface area contributed by atoms with E-state index in [4.69, 9.17) is 14.3 Å². The Morgan fingerprint density at radius 2 is 1.90 bits per heavy atom. The van der Waals surface area contributed by atoms with E-state index in [1.165, 1.54) is 5.06 Å². The van der Waals surface area contributed by atoms with E-state index in [2.05, 4.69) is 0 Å². The van der Waals surface area contributed by atoms with Crippen molar-refractivity contribution in [1.82, 2.24) is 9.96 Å². The molecule has 0 saturated carbocycles. The highest BCUT2D eigenvalue weighted by Crippen LogP contribution is 2.43. The van der Waals surface area contributed by atoms with Crippen LogP contribution in [0.1, 0.15) is 76.7 Å². The summed E-state index contributed by atoms with van der Waals surface area (Å²) < 4.78 is 35.1. The second-order valence-corrected chi connectivity index (χ2v) is 13.6. The van der Waals surface area contributed by atoms with Crippen LogP contribution in [0.3, 0.4) is 0 Å². The van der Waals surface area contributed by atoms with Gasteiger partial charge < -0.3 is 14.6 Å². The van der Waals surface area contributed by atoms with Gasteiger partial charge in [0.25, 0.3) is 5.91 Å². The zero-order chi connectivity index (χ0) is 28.7. The third-order valence-corrected chi connectivity index (χ3v) is 10.1. The van der Waals surface area contributed by atoms with Crippen LogP contribution in [-0.4, -0.2) is 85.9 Å². The number of hydroxylamine groups is 2. The molecule has 2 saturated heterocycles. The molecule has 4 rings (SSSR count). The fraction of sp³-hybridized carbons (Fsp3) is 0.724. The monoisotopic (exact) mass is 580 g/mol. The number of amides is 1. The molecule has 0 bridgehead atoms. The predicted octanol–water partition coefficient (Wildman–Crippen LogP) is 3.85. The molecule has 0 aromatic heterocycles. The zero-order valence-corrected chi connectivity index (χ0v) is 24.6. The normalized spacial score (nSPS) is 25.9. The van der Waals surface area contributed by atoms with Crippen LogP contribution < -0.4 is 9.47 Å². The standard InChI is InChI=1S/C29H44N2O8S/c1-3-13-31(39-14-4-2)27(32)19-30-18-23(22-10-11-25-26(17-22)38-20-37-25)28(29(33)34)24(30)9-5-7-21-8-6-15-40(35,36)16-12-21/h10-11,17,21,23-24,28H,3-9,12-16,18-20H2,1-2H3,(H,33,34)/t21?,23-,24+,28-/m1/s1. The van der Waals surface area contributed by atoms with E-state index in [9.17, 15) is 23.1 Å². The smallest absolute Gasteiger partial charge is 0.308 e. The van der Waals surface area contributed by atoms with Crippen molar-refractivity contribution in [1.29, 1.82) is 0 Å². The number of hydrogen-bond donors (Lipinski definition) is 1. The zero-order valence-electron chi connectivity index (χ0n) is 23.8. The molecule has 1 aromatic rings. The van der Waals surface area contributed by atoms with Gasteiger partial charge in [-0.1, -0.05) is 32.8 Å². The summed E-state index contributed by atoms with van der Waals surface area (Å²) >= 11 is 0. The first-order valence-electron chi connectivity index (χ1n) is 14.7. The predicted molar refractivity (Wildman–Crippen MR) is 150 cm³/mol. The summed E-state index contributed by atoms with van der Waals surface area (Å²) in [4.78, 5) is 33.8. The number of nitrogens with zero attached hydrogens (tertiary/aromatic N) is 2. The Labute approximate surface area is 237 Å². The lowest BCUT2D eigenvalue weighted by atomic mass is 9.83. The molecule has 0 spiro atoms. The van der Waals surface area contributed by atoms with E-state index in [1.807, 2.05) is 36.9 Å². The summed E-state index contributed by atoms with van der Waals surface area (Å²) in [7, 11) is -2.96. The summed E-state index contributed by atoms with van der Waals surface area (Å²) in [6, 6.07) is 5.25. The molecule has 1 amide bonds. The van der Waals surface area contributed by atoms with Crippen LogP contribution in [0.2, 0.25) is 0 Å². The highest BCUT2D eigenvalue weighted by molar-refractivity contribution is 7.91. The Morgan fingerprint density at radius 3 is 2.65 bits per heavy atom. The second kappa shape index (κ2) is 14.0. The fourth-order valence-electron chi connectivity index (χ4n) is 6.34. The van der Waals surface area contributed by atoms with Crippen LogP contribution in [0.5, 0.6) is 11.5 Å². The molecule has 11 heteroatoms. The third kappa shape index (κ3) is 7.67. The number of likely N-dealkylation sites (tertiary alicyclic amines) is 1. The van der Waals surface area contributed by atoms with Gasteiger partial charge in [0.1, 0.15) is 9.84 Å². The van der Waals surface area contributed by atoms with Gasteiger partial charge in [-0.25, -0.2) is 13.5 Å². The first kappa shape index (κ1) is 30.6. The maximum absolute atomic E-state index is 13.4. The van der Waals surface area contributed by atoms with E-state index in [1.54, 1.807) is 0 Å². The van der Waals surface area contributed by atoms with Gasteiger partial charge in [-0.2, -0.15) is 0 Å². The quantitative estimate of drug-likeness (QED) is 0.347. The van der Waals surface area contributed by atoms with Crippen LogP contribution in [0.15, 0.2) is 18.2 Å². The lowest BCUT2D eigenvalue weighted by Gasteiger charge is -2.29. The van der Waals surface area contributed by atoms with Crippen molar-refractivity contribution in [2.75, 3.05) is 44.5 Å². The molecule has 3 aliphatic rings. The summed E-state index contributed by atoms with van der Waals surface area (Å²) in [5, 5.41) is 11.9. The molecule has 0 radical (unpaired) electrons. The molecule has 2 fully saturated rings. The highest BCUT2D eigenvalue weighted by Gasteiger charge is 2.47. The minimum absolute atomic E-state index is 0.0842. The number of carboxylic acid groups (broad SMARTS) is 1. The molecule has 224 valence electrons.